The Hall–Kier alpha value is -1.71. The Morgan fingerprint density at radius 3 is 3.00 bits per heavy atom. The van der Waals surface area contributed by atoms with Crippen LogP contribution in [0, 0.1) is 0 Å². The fourth-order valence-electron chi connectivity index (χ4n) is 1.38. The molecule has 1 amide bonds. The molecule has 14 heavy (non-hydrogen) atoms. The molecule has 0 N–H and O–H groups in total. The minimum atomic E-state index is -0.0392. The van der Waals surface area contributed by atoms with E-state index in [-0.39, 0.29) is 12.5 Å². The van der Waals surface area contributed by atoms with Crippen LogP contribution in [0.1, 0.15) is 0 Å². The number of likely N-dealkylation sites (N-methyl/N-ethyl adjacent to an activating group) is 1. The molecule has 1 aliphatic heterocycles. The maximum atomic E-state index is 11.3. The van der Waals surface area contributed by atoms with Gasteiger partial charge in [0.05, 0.1) is 12.8 Å². The average Bonchev–Trinajstić information content (AvgIpc) is 2.23. The van der Waals surface area contributed by atoms with Crippen LogP contribution in [0.25, 0.3) is 0 Å². The summed E-state index contributed by atoms with van der Waals surface area (Å²) in [4.78, 5) is 12.9. The van der Waals surface area contributed by atoms with Gasteiger partial charge in [-0.25, -0.2) is 0 Å². The molecule has 0 saturated heterocycles. The van der Waals surface area contributed by atoms with Gasteiger partial charge in [-0.1, -0.05) is 0 Å². The normalized spacial score (nSPS) is 14.7. The number of rotatable bonds is 1. The Bertz CT molecular complexity index is 376. The molecule has 0 radical (unpaired) electrons. The molecule has 4 nitrogen and oxygen atoms in total. The highest BCUT2D eigenvalue weighted by Crippen LogP contribution is 2.34. The molecule has 1 aromatic carbocycles. The van der Waals surface area contributed by atoms with Crippen LogP contribution in [-0.2, 0) is 4.79 Å². The van der Waals surface area contributed by atoms with Crippen LogP contribution in [0.4, 0.5) is 5.69 Å². The molecule has 1 heterocycles. The van der Waals surface area contributed by atoms with Crippen LogP contribution in [0.2, 0.25) is 0 Å². The van der Waals surface area contributed by atoms with E-state index in [0.717, 1.165) is 11.4 Å². The van der Waals surface area contributed by atoms with Crippen molar-refractivity contribution in [2.45, 2.75) is 0 Å². The molecule has 0 bridgehead atoms. The molecule has 0 atom stereocenters. The van der Waals surface area contributed by atoms with Crippen LogP contribution in [-0.4, -0.2) is 26.7 Å². The molecule has 74 valence electrons. The van der Waals surface area contributed by atoms with Crippen molar-refractivity contribution in [1.29, 1.82) is 0 Å². The van der Waals surface area contributed by atoms with Crippen LogP contribution < -0.4 is 14.4 Å². The lowest BCUT2D eigenvalue weighted by molar-refractivity contribution is -0.120. The minimum absolute atomic E-state index is 0.0392. The second kappa shape index (κ2) is 3.21. The van der Waals surface area contributed by atoms with Crippen LogP contribution in [0.3, 0.4) is 0 Å². The number of methoxy groups -OCH3 is 1. The average molecular weight is 193 g/mol. The summed E-state index contributed by atoms with van der Waals surface area (Å²) in [5.41, 5.74) is 0.780. The number of hydrogen-bond acceptors (Lipinski definition) is 3. The molecular weight excluding hydrogens is 182 g/mol. The molecule has 1 aliphatic rings. The molecule has 0 spiro atoms. The topological polar surface area (TPSA) is 38.8 Å². The van der Waals surface area contributed by atoms with E-state index in [1.54, 1.807) is 31.2 Å². The molecule has 4 heteroatoms. The first-order chi connectivity index (χ1) is 6.72. The van der Waals surface area contributed by atoms with Crippen molar-refractivity contribution in [2.24, 2.45) is 0 Å². The van der Waals surface area contributed by atoms with Gasteiger partial charge in [-0.3, -0.25) is 4.79 Å². The summed E-state index contributed by atoms with van der Waals surface area (Å²) in [6.07, 6.45) is 0. The van der Waals surface area contributed by atoms with Gasteiger partial charge in [-0.15, -0.1) is 0 Å². The Labute approximate surface area is 82.0 Å². The van der Waals surface area contributed by atoms with E-state index in [0.29, 0.717) is 5.75 Å². The molecule has 0 unspecified atom stereocenters. The zero-order chi connectivity index (χ0) is 10.1. The Balaban J connectivity index is 2.43. The van der Waals surface area contributed by atoms with E-state index < -0.39 is 0 Å². The Morgan fingerprint density at radius 1 is 1.50 bits per heavy atom. The zero-order valence-electron chi connectivity index (χ0n) is 8.11. The summed E-state index contributed by atoms with van der Waals surface area (Å²) in [5, 5.41) is 0. The first-order valence-electron chi connectivity index (χ1n) is 4.30. The number of amides is 1. The van der Waals surface area contributed by atoms with E-state index >= 15 is 0 Å². The monoisotopic (exact) mass is 193 g/mol. The van der Waals surface area contributed by atoms with Crippen LogP contribution in [0.15, 0.2) is 18.2 Å². The number of fused-ring (bicyclic) bond motifs is 1. The first-order valence-corrected chi connectivity index (χ1v) is 4.30. The van der Waals surface area contributed by atoms with E-state index in [2.05, 4.69) is 0 Å². The van der Waals surface area contributed by atoms with Crippen LogP contribution in [0.5, 0.6) is 11.5 Å². The number of carbonyl (C=O) groups excluding carboxylic acids is 1. The molecule has 0 saturated carbocycles. The molecular formula is C10H11NO3. The summed E-state index contributed by atoms with van der Waals surface area (Å²) in [6, 6.07) is 5.39. The second-order valence-corrected chi connectivity index (χ2v) is 3.08. The quantitative estimate of drug-likeness (QED) is 0.669. The summed E-state index contributed by atoms with van der Waals surface area (Å²) < 4.78 is 10.3. The van der Waals surface area contributed by atoms with Gasteiger partial charge in [0.2, 0.25) is 0 Å². The highest BCUT2D eigenvalue weighted by Gasteiger charge is 2.22. The lowest BCUT2D eigenvalue weighted by Crippen LogP contribution is -2.35. The number of benzene rings is 1. The summed E-state index contributed by atoms with van der Waals surface area (Å²) >= 11 is 0. The molecule has 1 aromatic rings. The summed E-state index contributed by atoms with van der Waals surface area (Å²) in [7, 11) is 3.33. The predicted molar refractivity (Wildman–Crippen MR) is 51.9 cm³/mol. The smallest absolute Gasteiger partial charge is 0.264 e. The van der Waals surface area contributed by atoms with Gasteiger partial charge in [0.1, 0.15) is 11.5 Å². The van der Waals surface area contributed by atoms with Crippen molar-refractivity contribution in [3.63, 3.8) is 0 Å². The number of nitrogens with zero attached hydrogens (tertiary/aromatic N) is 1. The number of anilines is 1. The second-order valence-electron chi connectivity index (χ2n) is 3.08. The summed E-state index contributed by atoms with van der Waals surface area (Å²) in [6.45, 7) is 0.0939. The van der Waals surface area contributed by atoms with E-state index in [4.69, 9.17) is 9.47 Å². The molecule has 0 aliphatic carbocycles. The third-order valence-electron chi connectivity index (χ3n) is 2.25. The highest BCUT2D eigenvalue weighted by atomic mass is 16.5. The van der Waals surface area contributed by atoms with Gasteiger partial charge < -0.3 is 14.4 Å². The van der Waals surface area contributed by atoms with Crippen molar-refractivity contribution in [1.82, 2.24) is 0 Å². The number of hydrogen-bond donors (Lipinski definition) is 0. The largest absolute Gasteiger partial charge is 0.497 e. The fraction of sp³-hybridized carbons (Fsp3) is 0.300. The number of ether oxygens (including phenoxy) is 2. The standard InChI is InChI=1S/C10H11NO3/c1-11-8-4-3-7(13-2)5-9(8)14-6-10(11)12/h3-5H,6H2,1-2H3. The van der Waals surface area contributed by atoms with Gasteiger partial charge in [-0.2, -0.15) is 0 Å². The van der Waals surface area contributed by atoms with Crippen molar-refractivity contribution >= 4 is 11.6 Å². The zero-order valence-corrected chi connectivity index (χ0v) is 8.11. The summed E-state index contributed by atoms with van der Waals surface area (Å²) in [5.74, 6) is 1.38. The third-order valence-corrected chi connectivity index (χ3v) is 2.25. The first kappa shape index (κ1) is 8.87. The molecule has 2 rings (SSSR count). The third kappa shape index (κ3) is 1.28. The van der Waals surface area contributed by atoms with E-state index in [1.807, 2.05) is 6.07 Å². The predicted octanol–water partition coefficient (Wildman–Crippen LogP) is 1.05. The Kier molecular flexibility index (Phi) is 2.04. The van der Waals surface area contributed by atoms with Gasteiger partial charge in [-0.05, 0) is 12.1 Å². The number of carbonyl (C=O) groups is 1. The van der Waals surface area contributed by atoms with Gasteiger partial charge in [0, 0.05) is 13.1 Å². The molecule has 0 fully saturated rings. The lowest BCUT2D eigenvalue weighted by Gasteiger charge is -2.25. The lowest BCUT2D eigenvalue weighted by atomic mass is 10.2. The fourth-order valence-corrected chi connectivity index (χ4v) is 1.38. The van der Waals surface area contributed by atoms with E-state index in [1.165, 1.54) is 0 Å². The maximum Gasteiger partial charge on any atom is 0.264 e. The van der Waals surface area contributed by atoms with Gasteiger partial charge in [0.25, 0.3) is 5.91 Å². The molecule has 0 aromatic heterocycles. The SMILES string of the molecule is COc1ccc2c(c1)OCC(=O)N2C. The van der Waals surface area contributed by atoms with Crippen molar-refractivity contribution in [3.8, 4) is 11.5 Å². The van der Waals surface area contributed by atoms with Crippen molar-refractivity contribution in [3.05, 3.63) is 18.2 Å². The van der Waals surface area contributed by atoms with Gasteiger partial charge >= 0.3 is 0 Å². The van der Waals surface area contributed by atoms with Crippen molar-refractivity contribution in [2.75, 3.05) is 25.7 Å². The maximum absolute atomic E-state index is 11.3. The highest BCUT2D eigenvalue weighted by molar-refractivity contribution is 5.97. The van der Waals surface area contributed by atoms with Crippen molar-refractivity contribution < 1.29 is 14.3 Å². The van der Waals surface area contributed by atoms with Gasteiger partial charge in [0.15, 0.2) is 6.61 Å². The van der Waals surface area contributed by atoms with E-state index in [9.17, 15) is 4.79 Å². The minimum Gasteiger partial charge on any atom is -0.497 e. The Morgan fingerprint density at radius 2 is 2.29 bits per heavy atom. The van der Waals surface area contributed by atoms with Crippen LogP contribution >= 0.6 is 0 Å².